The predicted molar refractivity (Wildman–Crippen MR) is 112 cm³/mol. The molecule has 8 heteroatoms. The molecule has 29 heavy (non-hydrogen) atoms. The van der Waals surface area contributed by atoms with Gasteiger partial charge in [-0.25, -0.2) is 12.8 Å². The van der Waals surface area contributed by atoms with Crippen molar-refractivity contribution in [3.8, 4) is 0 Å². The fourth-order valence-corrected chi connectivity index (χ4v) is 5.13. The summed E-state index contributed by atoms with van der Waals surface area (Å²) in [6, 6.07) is 10.7. The van der Waals surface area contributed by atoms with Gasteiger partial charge in [0.2, 0.25) is 15.9 Å². The highest BCUT2D eigenvalue weighted by atomic mass is 32.2. The fraction of sp³-hybridized carbons (Fsp3) is 0.381. The number of aryl methyl sites for hydroxylation is 1. The Kier molecular flexibility index (Phi) is 6.87. The summed E-state index contributed by atoms with van der Waals surface area (Å²) in [6.45, 7) is 2.74. The van der Waals surface area contributed by atoms with Crippen LogP contribution in [0.3, 0.4) is 0 Å². The zero-order valence-corrected chi connectivity index (χ0v) is 17.3. The first kappa shape index (κ1) is 21.3. The summed E-state index contributed by atoms with van der Waals surface area (Å²) in [5.74, 6) is -0.742. The van der Waals surface area contributed by atoms with Crippen molar-refractivity contribution in [3.05, 3.63) is 53.8 Å². The molecular weight excluding hydrogens is 393 g/mol. The number of carbonyl (C=O) groups is 1. The van der Waals surface area contributed by atoms with Crippen molar-refractivity contribution in [2.75, 3.05) is 30.3 Å². The number of hydrogen-bond acceptors (Lipinski definition) is 4. The number of nitrogens with zero attached hydrogens (tertiary/aromatic N) is 1. The smallest absolute Gasteiger partial charge is 0.243 e. The Morgan fingerprint density at radius 2 is 1.76 bits per heavy atom. The molecule has 1 amide bonds. The van der Waals surface area contributed by atoms with Crippen molar-refractivity contribution in [3.63, 3.8) is 0 Å². The zero-order valence-electron chi connectivity index (χ0n) is 16.4. The monoisotopic (exact) mass is 419 g/mol. The lowest BCUT2D eigenvalue weighted by Crippen LogP contribution is -2.32. The second-order valence-corrected chi connectivity index (χ2v) is 9.12. The van der Waals surface area contributed by atoms with Crippen LogP contribution < -0.4 is 10.6 Å². The van der Waals surface area contributed by atoms with Crippen molar-refractivity contribution in [2.45, 2.75) is 37.5 Å². The largest absolute Gasteiger partial charge is 0.376 e. The Morgan fingerprint density at radius 1 is 1.03 bits per heavy atom. The van der Waals surface area contributed by atoms with Gasteiger partial charge in [-0.05, 0) is 55.7 Å². The van der Waals surface area contributed by atoms with Gasteiger partial charge in [0.05, 0.1) is 11.4 Å². The van der Waals surface area contributed by atoms with E-state index in [4.69, 9.17) is 0 Å². The molecule has 3 rings (SSSR count). The van der Waals surface area contributed by atoms with Gasteiger partial charge in [-0.1, -0.05) is 25.0 Å². The van der Waals surface area contributed by atoms with E-state index in [1.165, 1.54) is 18.2 Å². The molecule has 0 unspecified atom stereocenters. The third-order valence-electron chi connectivity index (χ3n) is 4.93. The molecule has 0 spiro atoms. The summed E-state index contributed by atoms with van der Waals surface area (Å²) < 4.78 is 41.0. The summed E-state index contributed by atoms with van der Waals surface area (Å²) >= 11 is 0. The van der Waals surface area contributed by atoms with E-state index in [-0.39, 0.29) is 17.3 Å². The van der Waals surface area contributed by atoms with Gasteiger partial charge < -0.3 is 10.6 Å². The first-order chi connectivity index (χ1) is 13.9. The van der Waals surface area contributed by atoms with Crippen LogP contribution in [0.2, 0.25) is 0 Å². The maximum Gasteiger partial charge on any atom is 0.243 e. The van der Waals surface area contributed by atoms with Crippen molar-refractivity contribution < 1.29 is 17.6 Å². The fourth-order valence-electron chi connectivity index (χ4n) is 3.36. The maximum atomic E-state index is 13.2. The van der Waals surface area contributed by atoms with Crippen LogP contribution in [-0.4, -0.2) is 38.3 Å². The van der Waals surface area contributed by atoms with E-state index < -0.39 is 15.8 Å². The molecule has 0 bridgehead atoms. The molecule has 1 fully saturated rings. The molecule has 0 atom stereocenters. The number of nitrogens with one attached hydrogen (secondary N) is 2. The van der Waals surface area contributed by atoms with Crippen LogP contribution in [0.25, 0.3) is 0 Å². The standard InChI is InChI=1S/C21H26FN3O3S/c1-16-9-10-19(24-21(26)15-23-18-8-6-7-17(22)13-18)14-20(16)29(27,28)25-11-4-2-3-5-12-25/h6-10,13-14,23H,2-5,11-12,15H2,1H3,(H,24,26). The first-order valence-electron chi connectivity index (χ1n) is 9.76. The normalized spacial score (nSPS) is 15.5. The molecule has 0 aromatic heterocycles. The quantitative estimate of drug-likeness (QED) is 0.748. The van der Waals surface area contributed by atoms with E-state index in [0.717, 1.165) is 25.7 Å². The summed E-state index contributed by atoms with van der Waals surface area (Å²) in [4.78, 5) is 12.5. The van der Waals surface area contributed by atoms with E-state index in [1.54, 1.807) is 35.5 Å². The number of halogens is 1. The summed E-state index contributed by atoms with van der Waals surface area (Å²) in [6.07, 6.45) is 3.81. The van der Waals surface area contributed by atoms with Crippen molar-refractivity contribution >= 4 is 27.3 Å². The number of hydrogen-bond donors (Lipinski definition) is 2. The molecule has 0 saturated carbocycles. The topological polar surface area (TPSA) is 78.5 Å². The molecule has 156 valence electrons. The van der Waals surface area contributed by atoms with Crippen LogP contribution >= 0.6 is 0 Å². The number of carbonyl (C=O) groups excluding carboxylic acids is 1. The van der Waals surface area contributed by atoms with Crippen molar-refractivity contribution in [1.82, 2.24) is 4.31 Å². The first-order valence-corrected chi connectivity index (χ1v) is 11.2. The van der Waals surface area contributed by atoms with Crippen molar-refractivity contribution in [2.24, 2.45) is 0 Å². The van der Waals surface area contributed by atoms with E-state index in [9.17, 15) is 17.6 Å². The Balaban J connectivity index is 1.70. The molecular formula is C21H26FN3O3S. The predicted octanol–water partition coefficient (Wildman–Crippen LogP) is 3.75. The highest BCUT2D eigenvalue weighted by molar-refractivity contribution is 7.89. The highest BCUT2D eigenvalue weighted by Crippen LogP contribution is 2.25. The number of amides is 1. The Morgan fingerprint density at radius 3 is 2.45 bits per heavy atom. The molecule has 2 aromatic rings. The van der Waals surface area contributed by atoms with E-state index >= 15 is 0 Å². The minimum atomic E-state index is -3.61. The van der Waals surface area contributed by atoms with Crippen molar-refractivity contribution in [1.29, 1.82) is 0 Å². The molecule has 0 aliphatic carbocycles. The molecule has 1 aliphatic rings. The molecule has 1 aliphatic heterocycles. The minimum Gasteiger partial charge on any atom is -0.376 e. The average molecular weight is 420 g/mol. The molecule has 2 N–H and O–H groups in total. The Bertz CT molecular complexity index is 971. The van der Waals surface area contributed by atoms with Gasteiger partial charge in [-0.3, -0.25) is 4.79 Å². The van der Waals surface area contributed by atoms with E-state index in [1.807, 2.05) is 0 Å². The summed E-state index contributed by atoms with van der Waals surface area (Å²) in [5, 5.41) is 5.55. The summed E-state index contributed by atoms with van der Waals surface area (Å²) in [7, 11) is -3.61. The van der Waals surface area contributed by atoms with Gasteiger partial charge in [-0.2, -0.15) is 4.31 Å². The van der Waals surface area contributed by atoms with Crippen LogP contribution in [0.15, 0.2) is 47.4 Å². The highest BCUT2D eigenvalue weighted by Gasteiger charge is 2.27. The number of rotatable bonds is 6. The number of anilines is 2. The number of benzene rings is 2. The second kappa shape index (κ2) is 9.37. The van der Waals surface area contributed by atoms with Gasteiger partial charge in [0.15, 0.2) is 0 Å². The third-order valence-corrected chi connectivity index (χ3v) is 6.97. The van der Waals surface area contributed by atoms with Crippen LogP contribution in [-0.2, 0) is 14.8 Å². The molecule has 2 aromatic carbocycles. The lowest BCUT2D eigenvalue weighted by atomic mass is 10.2. The Hall–Kier alpha value is -2.45. The third kappa shape index (κ3) is 5.55. The van der Waals surface area contributed by atoms with E-state index in [0.29, 0.717) is 30.0 Å². The molecule has 1 heterocycles. The van der Waals surface area contributed by atoms with Gasteiger partial charge in [0.25, 0.3) is 0 Å². The summed E-state index contributed by atoms with van der Waals surface area (Å²) in [5.41, 5.74) is 1.55. The van der Waals surface area contributed by atoms with Crippen LogP contribution in [0.5, 0.6) is 0 Å². The van der Waals surface area contributed by atoms with Gasteiger partial charge in [0, 0.05) is 24.5 Å². The lowest BCUT2D eigenvalue weighted by molar-refractivity contribution is -0.114. The SMILES string of the molecule is Cc1ccc(NC(=O)CNc2cccc(F)c2)cc1S(=O)(=O)N1CCCCCC1. The van der Waals surface area contributed by atoms with Crippen LogP contribution in [0.1, 0.15) is 31.2 Å². The maximum absolute atomic E-state index is 13.2. The minimum absolute atomic E-state index is 0.0640. The number of sulfonamides is 1. The molecule has 0 radical (unpaired) electrons. The zero-order chi connectivity index (χ0) is 20.9. The lowest BCUT2D eigenvalue weighted by Gasteiger charge is -2.21. The van der Waals surface area contributed by atoms with Crippen LogP contribution in [0.4, 0.5) is 15.8 Å². The average Bonchev–Trinajstić information content (AvgIpc) is 2.98. The molecule has 6 nitrogen and oxygen atoms in total. The Labute approximate surface area is 171 Å². The van der Waals surface area contributed by atoms with Gasteiger partial charge in [0.1, 0.15) is 5.82 Å². The van der Waals surface area contributed by atoms with Gasteiger partial charge >= 0.3 is 0 Å². The second-order valence-electron chi connectivity index (χ2n) is 7.21. The van der Waals surface area contributed by atoms with E-state index in [2.05, 4.69) is 10.6 Å². The van der Waals surface area contributed by atoms with Gasteiger partial charge in [-0.15, -0.1) is 0 Å². The van der Waals surface area contributed by atoms with Crippen LogP contribution in [0, 0.1) is 12.7 Å². The molecule has 1 saturated heterocycles.